The molecule has 8 rings (SSSR count). The van der Waals surface area contributed by atoms with Crippen LogP contribution >= 0.6 is 0 Å². The molecule has 0 saturated heterocycles. The molecule has 0 spiro atoms. The Morgan fingerprint density at radius 2 is 0.845 bits per heavy atom. The van der Waals surface area contributed by atoms with Crippen molar-refractivity contribution in [3.63, 3.8) is 0 Å². The topological polar surface area (TPSA) is 8.29 Å². The number of hydrogen-bond acceptors (Lipinski definition) is 0. The molecule has 6 aromatic carbocycles. The van der Waals surface area contributed by atoms with E-state index >= 15 is 0 Å². The van der Waals surface area contributed by atoms with Gasteiger partial charge in [0.1, 0.15) is 17.6 Å². The lowest BCUT2D eigenvalue weighted by Gasteiger charge is -2.26. The molecular formula is C55H55ClN2. The number of rotatable bonds is 11. The number of pyridine rings is 1. The van der Waals surface area contributed by atoms with Crippen molar-refractivity contribution >= 4 is 5.52 Å². The van der Waals surface area contributed by atoms with Gasteiger partial charge >= 0.3 is 0 Å². The average Bonchev–Trinajstić information content (AvgIpc) is 3.66. The summed E-state index contributed by atoms with van der Waals surface area (Å²) in [5, 5.41) is 0. The number of aromatic nitrogens is 2. The molecule has 0 amide bonds. The van der Waals surface area contributed by atoms with Crippen molar-refractivity contribution in [1.82, 2.24) is 4.40 Å². The van der Waals surface area contributed by atoms with Crippen LogP contribution in [-0.2, 0) is 0 Å². The van der Waals surface area contributed by atoms with Crippen molar-refractivity contribution in [2.24, 2.45) is 0 Å². The smallest absolute Gasteiger partial charge is 0.254 e. The first-order valence-corrected chi connectivity index (χ1v) is 20.7. The van der Waals surface area contributed by atoms with E-state index in [0.29, 0.717) is 17.8 Å². The zero-order chi connectivity index (χ0) is 39.6. The fourth-order valence-electron chi connectivity index (χ4n) is 8.91. The second-order valence-electron chi connectivity index (χ2n) is 16.7. The Morgan fingerprint density at radius 1 is 0.431 bits per heavy atom. The van der Waals surface area contributed by atoms with Crippen LogP contribution in [0.1, 0.15) is 127 Å². The van der Waals surface area contributed by atoms with Crippen LogP contribution in [0.4, 0.5) is 0 Å². The molecule has 0 aliphatic carbocycles. The Bertz CT molecular complexity index is 2390. The second kappa shape index (κ2) is 17.4. The number of fused-ring (bicyclic) bond motifs is 1. The van der Waals surface area contributed by atoms with Gasteiger partial charge < -0.3 is 12.4 Å². The van der Waals surface area contributed by atoms with Gasteiger partial charge in [-0.15, -0.1) is 0 Å². The van der Waals surface area contributed by atoms with Crippen LogP contribution in [0.5, 0.6) is 0 Å². The maximum absolute atomic E-state index is 2.47. The standard InChI is InChI=1S/C55H55N2.ClH/c1-37(2)45-33-47(38(3)4)54(48(34-45)39(5)6)51-30-20-29-46-35-56(36-57(46)51)55-49(52(41-21-12-8-13-22-41)42-23-14-9-15-24-42)31-40(7)32-50(55)53(43-25-16-10-17-26-43)44-27-18-11-19-28-44;/h8-39,52-53H,1-7H3;1H/q+1;/p-1. The minimum atomic E-state index is 0. The molecule has 0 aliphatic heterocycles. The summed E-state index contributed by atoms with van der Waals surface area (Å²) in [5.41, 5.74) is 18.1. The van der Waals surface area contributed by atoms with Gasteiger partial charge in [0.25, 0.3) is 6.33 Å². The molecule has 0 saturated carbocycles. The monoisotopic (exact) mass is 778 g/mol. The molecule has 8 aromatic rings. The Morgan fingerprint density at radius 3 is 1.22 bits per heavy atom. The van der Waals surface area contributed by atoms with Crippen molar-refractivity contribution in [2.75, 3.05) is 0 Å². The van der Waals surface area contributed by atoms with Crippen LogP contribution in [0.3, 0.4) is 0 Å². The summed E-state index contributed by atoms with van der Waals surface area (Å²) in [4.78, 5) is 0. The van der Waals surface area contributed by atoms with E-state index < -0.39 is 0 Å². The number of nitrogens with zero attached hydrogens (tertiary/aromatic N) is 2. The van der Waals surface area contributed by atoms with Crippen molar-refractivity contribution in [3.8, 4) is 16.9 Å². The summed E-state index contributed by atoms with van der Waals surface area (Å²) in [5.74, 6) is 1.22. The van der Waals surface area contributed by atoms with Crippen LogP contribution < -0.4 is 17.0 Å². The van der Waals surface area contributed by atoms with E-state index in [2.05, 4.69) is 234 Å². The van der Waals surface area contributed by atoms with Gasteiger partial charge in [0, 0.05) is 28.5 Å². The highest BCUT2D eigenvalue weighted by Gasteiger charge is 2.32. The normalized spacial score (nSPS) is 11.7. The molecule has 292 valence electrons. The summed E-state index contributed by atoms with van der Waals surface area (Å²) in [6.07, 6.45) is 4.71. The number of halogens is 1. The second-order valence-corrected chi connectivity index (χ2v) is 16.7. The number of imidazole rings is 1. The molecule has 0 atom stereocenters. The fourth-order valence-corrected chi connectivity index (χ4v) is 8.91. The summed E-state index contributed by atoms with van der Waals surface area (Å²) >= 11 is 0. The fraction of sp³-hybridized carbons (Fsp3) is 0.218. The Kier molecular flexibility index (Phi) is 12.2. The average molecular weight is 780 g/mol. The molecule has 2 heterocycles. The van der Waals surface area contributed by atoms with Gasteiger partial charge in [-0.05, 0) is 75.8 Å². The Balaban J connectivity index is 0.00000512. The largest absolute Gasteiger partial charge is 1.00 e. The SMILES string of the molecule is Cc1cc(C(c2ccccc2)c2ccccc2)c(-[n+]2cc3cccc(-c4c(C(C)C)cc(C(C)C)cc4C(C)C)n3c2)c(C(c2ccccc2)c2ccccc2)c1.[Cl-]. The molecule has 0 radical (unpaired) electrons. The van der Waals surface area contributed by atoms with E-state index in [4.69, 9.17) is 0 Å². The first-order chi connectivity index (χ1) is 27.7. The van der Waals surface area contributed by atoms with Gasteiger partial charge in [0.2, 0.25) is 0 Å². The summed E-state index contributed by atoms with van der Waals surface area (Å²) in [6.45, 7) is 16.3. The Hall–Kier alpha value is -5.70. The summed E-state index contributed by atoms with van der Waals surface area (Å²) < 4.78 is 4.88. The summed E-state index contributed by atoms with van der Waals surface area (Å²) in [6, 6.07) is 60.8. The summed E-state index contributed by atoms with van der Waals surface area (Å²) in [7, 11) is 0. The van der Waals surface area contributed by atoms with Gasteiger partial charge in [0.15, 0.2) is 5.52 Å². The van der Waals surface area contributed by atoms with Gasteiger partial charge in [-0.25, -0.2) is 4.57 Å². The highest BCUT2D eigenvalue weighted by Crippen LogP contribution is 2.43. The van der Waals surface area contributed by atoms with E-state index in [9.17, 15) is 0 Å². The van der Waals surface area contributed by atoms with Crippen LogP contribution in [0.15, 0.2) is 176 Å². The van der Waals surface area contributed by atoms with E-state index in [1.807, 2.05) is 0 Å². The third kappa shape index (κ3) is 7.91. The lowest BCUT2D eigenvalue weighted by Crippen LogP contribution is -3.00. The van der Waals surface area contributed by atoms with Gasteiger partial charge in [-0.1, -0.05) is 199 Å². The van der Waals surface area contributed by atoms with Crippen molar-refractivity contribution < 1.29 is 17.0 Å². The van der Waals surface area contributed by atoms with Crippen molar-refractivity contribution in [1.29, 1.82) is 0 Å². The molecule has 0 aliphatic rings. The molecule has 2 nitrogen and oxygen atoms in total. The lowest BCUT2D eigenvalue weighted by molar-refractivity contribution is -0.595. The molecule has 2 aromatic heterocycles. The number of aryl methyl sites for hydroxylation is 1. The first-order valence-electron chi connectivity index (χ1n) is 20.7. The zero-order valence-electron chi connectivity index (χ0n) is 34.9. The third-order valence-electron chi connectivity index (χ3n) is 11.7. The third-order valence-corrected chi connectivity index (χ3v) is 11.7. The maximum atomic E-state index is 2.47. The van der Waals surface area contributed by atoms with Gasteiger partial charge in [0.05, 0.1) is 0 Å². The molecule has 0 N–H and O–H groups in total. The van der Waals surface area contributed by atoms with Gasteiger partial charge in [-0.3, -0.25) is 0 Å². The van der Waals surface area contributed by atoms with Crippen molar-refractivity contribution in [2.45, 2.75) is 78.1 Å². The van der Waals surface area contributed by atoms with E-state index in [1.54, 1.807) is 0 Å². The van der Waals surface area contributed by atoms with Crippen LogP contribution in [0, 0.1) is 6.92 Å². The minimum absolute atomic E-state index is 0. The van der Waals surface area contributed by atoms with E-state index in [0.717, 1.165) is 5.52 Å². The van der Waals surface area contributed by atoms with E-state index in [1.165, 1.54) is 72.6 Å². The van der Waals surface area contributed by atoms with Crippen LogP contribution in [0.2, 0.25) is 0 Å². The molecule has 0 unspecified atom stereocenters. The quantitative estimate of drug-likeness (QED) is 0.0913. The predicted octanol–water partition coefficient (Wildman–Crippen LogP) is 10.9. The number of hydrogen-bond donors (Lipinski definition) is 0. The zero-order valence-corrected chi connectivity index (χ0v) is 35.7. The van der Waals surface area contributed by atoms with E-state index in [-0.39, 0.29) is 24.2 Å². The molecular weight excluding hydrogens is 724 g/mol. The lowest BCUT2D eigenvalue weighted by atomic mass is 9.78. The predicted molar refractivity (Wildman–Crippen MR) is 239 cm³/mol. The molecule has 3 heteroatoms. The van der Waals surface area contributed by atoms with Crippen molar-refractivity contribution in [3.05, 3.63) is 232 Å². The highest BCUT2D eigenvalue weighted by molar-refractivity contribution is 5.73. The van der Waals surface area contributed by atoms with Crippen LogP contribution in [-0.4, -0.2) is 4.40 Å². The molecule has 0 fully saturated rings. The molecule has 0 bridgehead atoms. The first kappa shape index (κ1) is 40.5. The minimum Gasteiger partial charge on any atom is -1.00 e. The Labute approximate surface area is 352 Å². The molecule has 58 heavy (non-hydrogen) atoms. The van der Waals surface area contributed by atoms with Crippen LogP contribution in [0.25, 0.3) is 22.5 Å². The maximum Gasteiger partial charge on any atom is 0.254 e. The van der Waals surface area contributed by atoms with Gasteiger partial charge in [-0.2, -0.15) is 4.40 Å². The number of benzene rings is 6. The highest BCUT2D eigenvalue weighted by atomic mass is 35.5.